The molecule has 2 fully saturated rings. The van der Waals surface area contributed by atoms with E-state index >= 15 is 0 Å². The van der Waals surface area contributed by atoms with E-state index in [0.717, 1.165) is 19.3 Å². The zero-order chi connectivity index (χ0) is 11.0. The first kappa shape index (κ1) is 10.5. The van der Waals surface area contributed by atoms with Gasteiger partial charge in [-0.05, 0) is 31.1 Å². The van der Waals surface area contributed by atoms with E-state index in [1.54, 1.807) is 0 Å². The number of rotatable bonds is 2. The van der Waals surface area contributed by atoms with Crippen molar-refractivity contribution in [1.82, 2.24) is 0 Å². The number of ether oxygens (including phenoxy) is 2. The monoisotopic (exact) mass is 212 g/mol. The summed E-state index contributed by atoms with van der Waals surface area (Å²) in [6, 6.07) is 0. The summed E-state index contributed by atoms with van der Waals surface area (Å²) in [7, 11) is 2.81. The Kier molecular flexibility index (Phi) is 2.67. The highest BCUT2D eigenvalue weighted by atomic mass is 16.5. The van der Waals surface area contributed by atoms with Gasteiger partial charge in [0, 0.05) is 0 Å². The van der Waals surface area contributed by atoms with Gasteiger partial charge in [-0.25, -0.2) is 0 Å². The topological polar surface area (TPSA) is 52.6 Å². The van der Waals surface area contributed by atoms with Crippen molar-refractivity contribution < 1.29 is 19.1 Å². The molecule has 0 N–H and O–H groups in total. The molecule has 0 aromatic rings. The lowest BCUT2D eigenvalue weighted by atomic mass is 9.80. The van der Waals surface area contributed by atoms with Crippen LogP contribution in [0, 0.1) is 23.7 Å². The average Bonchev–Trinajstić information content (AvgIpc) is 2.85. The number of carbonyl (C=O) groups excluding carboxylic acids is 2. The number of carbonyl (C=O) groups is 2. The summed E-state index contributed by atoms with van der Waals surface area (Å²) >= 11 is 0. The Morgan fingerprint density at radius 2 is 1.40 bits per heavy atom. The minimum absolute atomic E-state index is 0.0853. The maximum Gasteiger partial charge on any atom is 0.308 e. The second kappa shape index (κ2) is 3.83. The number of hydrogen-bond acceptors (Lipinski definition) is 4. The molecule has 4 nitrogen and oxygen atoms in total. The Bertz CT molecular complexity index is 260. The zero-order valence-corrected chi connectivity index (χ0v) is 9.06. The van der Waals surface area contributed by atoms with Crippen LogP contribution in [0.4, 0.5) is 0 Å². The number of fused-ring (bicyclic) bond motifs is 2. The van der Waals surface area contributed by atoms with Crippen molar-refractivity contribution in [2.75, 3.05) is 14.2 Å². The van der Waals surface area contributed by atoms with E-state index in [9.17, 15) is 9.59 Å². The maximum atomic E-state index is 11.5. The fourth-order valence-corrected chi connectivity index (χ4v) is 3.20. The zero-order valence-electron chi connectivity index (χ0n) is 9.06. The Labute approximate surface area is 88.9 Å². The third kappa shape index (κ3) is 1.62. The summed E-state index contributed by atoms with van der Waals surface area (Å²) in [6.07, 6.45) is 2.73. The molecular formula is C11H16O4. The largest absolute Gasteiger partial charge is 0.469 e. The molecule has 2 atom stereocenters. The Morgan fingerprint density at radius 1 is 0.933 bits per heavy atom. The van der Waals surface area contributed by atoms with Gasteiger partial charge in [0.05, 0.1) is 26.1 Å². The van der Waals surface area contributed by atoms with Gasteiger partial charge in [-0.15, -0.1) is 0 Å². The van der Waals surface area contributed by atoms with Crippen molar-refractivity contribution in [3.63, 3.8) is 0 Å². The molecule has 2 aliphatic carbocycles. The average molecular weight is 212 g/mol. The minimum atomic E-state index is -0.170. The van der Waals surface area contributed by atoms with Gasteiger partial charge in [-0.3, -0.25) is 9.59 Å². The molecule has 0 radical (unpaired) electrons. The summed E-state index contributed by atoms with van der Waals surface area (Å²) in [5.41, 5.74) is 0. The predicted molar refractivity (Wildman–Crippen MR) is 51.8 cm³/mol. The van der Waals surface area contributed by atoms with E-state index in [-0.39, 0.29) is 29.7 Å². The van der Waals surface area contributed by atoms with Crippen LogP contribution in [0.2, 0.25) is 0 Å². The molecule has 2 unspecified atom stereocenters. The third-order valence-corrected chi connectivity index (χ3v) is 3.82. The van der Waals surface area contributed by atoms with Crippen LogP contribution < -0.4 is 0 Å². The maximum absolute atomic E-state index is 11.5. The highest BCUT2D eigenvalue weighted by molar-refractivity contribution is 5.78. The molecular weight excluding hydrogens is 196 g/mol. The first-order valence-corrected chi connectivity index (χ1v) is 5.33. The van der Waals surface area contributed by atoms with Crippen LogP contribution >= 0.6 is 0 Å². The van der Waals surface area contributed by atoms with Gasteiger partial charge in [0.15, 0.2) is 0 Å². The Balaban J connectivity index is 2.09. The van der Waals surface area contributed by atoms with Crippen molar-refractivity contribution in [2.45, 2.75) is 19.3 Å². The van der Waals surface area contributed by atoms with E-state index in [4.69, 9.17) is 9.47 Å². The van der Waals surface area contributed by atoms with Gasteiger partial charge < -0.3 is 9.47 Å². The summed E-state index contributed by atoms with van der Waals surface area (Å²) < 4.78 is 9.51. The van der Waals surface area contributed by atoms with Crippen molar-refractivity contribution >= 4 is 11.9 Å². The molecule has 0 amide bonds. The molecule has 2 saturated carbocycles. The van der Waals surface area contributed by atoms with Crippen LogP contribution in [0.5, 0.6) is 0 Å². The Hall–Kier alpha value is -1.06. The summed E-state index contributed by atoms with van der Waals surface area (Å²) in [5.74, 6) is 0.140. The molecule has 0 saturated heterocycles. The lowest BCUT2D eigenvalue weighted by Crippen LogP contribution is -2.32. The van der Waals surface area contributed by atoms with Crippen molar-refractivity contribution in [3.8, 4) is 0 Å². The molecule has 2 aliphatic rings. The number of esters is 2. The third-order valence-electron chi connectivity index (χ3n) is 3.82. The van der Waals surface area contributed by atoms with Crippen LogP contribution in [0.3, 0.4) is 0 Å². The first-order chi connectivity index (χ1) is 7.17. The van der Waals surface area contributed by atoms with Crippen LogP contribution in [0.25, 0.3) is 0 Å². The fraction of sp³-hybridized carbons (Fsp3) is 0.818. The van der Waals surface area contributed by atoms with Gasteiger partial charge in [0.2, 0.25) is 0 Å². The molecule has 0 heterocycles. The highest BCUT2D eigenvalue weighted by Crippen LogP contribution is 2.52. The van der Waals surface area contributed by atoms with E-state index in [1.165, 1.54) is 14.2 Å². The van der Waals surface area contributed by atoms with Crippen LogP contribution in [-0.2, 0) is 19.1 Å². The summed E-state index contributed by atoms with van der Waals surface area (Å²) in [4.78, 5) is 23.0. The van der Waals surface area contributed by atoms with Gasteiger partial charge in [0.25, 0.3) is 0 Å². The predicted octanol–water partition coefficient (Wildman–Crippen LogP) is 0.995. The van der Waals surface area contributed by atoms with Crippen molar-refractivity contribution in [3.05, 3.63) is 0 Å². The van der Waals surface area contributed by atoms with E-state index in [1.807, 2.05) is 0 Å². The Morgan fingerprint density at radius 3 is 1.73 bits per heavy atom. The molecule has 84 valence electrons. The quantitative estimate of drug-likeness (QED) is 0.641. The van der Waals surface area contributed by atoms with Gasteiger partial charge in [-0.1, -0.05) is 0 Å². The van der Waals surface area contributed by atoms with Crippen molar-refractivity contribution in [2.24, 2.45) is 23.7 Å². The lowest BCUT2D eigenvalue weighted by molar-refractivity contribution is -0.153. The summed E-state index contributed by atoms with van der Waals surface area (Å²) in [6.45, 7) is 0. The molecule has 2 bridgehead atoms. The second-order valence-corrected chi connectivity index (χ2v) is 4.50. The molecule has 15 heavy (non-hydrogen) atoms. The first-order valence-electron chi connectivity index (χ1n) is 5.33. The van der Waals surface area contributed by atoms with Gasteiger partial charge in [0.1, 0.15) is 0 Å². The standard InChI is InChI=1S/C11H16O4/c1-14-10(12)8-4-6-3-7(8)9(5-6)11(13)15-2/h6-9H,3-5H2,1-2H3. The van der Waals surface area contributed by atoms with Crippen molar-refractivity contribution in [1.29, 1.82) is 0 Å². The molecule has 0 aromatic heterocycles. The van der Waals surface area contributed by atoms with Crippen LogP contribution in [-0.4, -0.2) is 26.2 Å². The SMILES string of the molecule is COC(=O)C1CC2CC(C(=O)OC)C1C2. The van der Waals surface area contributed by atoms with E-state index in [2.05, 4.69) is 0 Å². The molecule has 4 heteroatoms. The normalized spacial score (nSPS) is 37.7. The number of methoxy groups -OCH3 is 2. The second-order valence-electron chi connectivity index (χ2n) is 4.50. The minimum Gasteiger partial charge on any atom is -0.469 e. The lowest BCUT2D eigenvalue weighted by Gasteiger charge is -2.25. The number of hydrogen-bond donors (Lipinski definition) is 0. The fourth-order valence-electron chi connectivity index (χ4n) is 3.20. The van der Waals surface area contributed by atoms with E-state index < -0.39 is 0 Å². The van der Waals surface area contributed by atoms with Crippen LogP contribution in [0.15, 0.2) is 0 Å². The molecule has 2 rings (SSSR count). The highest BCUT2D eigenvalue weighted by Gasteiger charge is 2.52. The van der Waals surface area contributed by atoms with Crippen LogP contribution in [0.1, 0.15) is 19.3 Å². The van der Waals surface area contributed by atoms with Gasteiger partial charge >= 0.3 is 11.9 Å². The van der Waals surface area contributed by atoms with E-state index in [0.29, 0.717) is 5.92 Å². The summed E-state index contributed by atoms with van der Waals surface area (Å²) in [5, 5.41) is 0. The molecule has 0 aliphatic heterocycles. The smallest absolute Gasteiger partial charge is 0.308 e. The molecule has 0 spiro atoms. The molecule has 0 aromatic carbocycles. The van der Waals surface area contributed by atoms with Gasteiger partial charge in [-0.2, -0.15) is 0 Å².